The van der Waals surface area contributed by atoms with Gasteiger partial charge >= 0.3 is 0 Å². The molecule has 0 bridgehead atoms. The van der Waals surface area contributed by atoms with Crippen LogP contribution in [0.1, 0.15) is 12.8 Å². The smallest absolute Gasteiger partial charge is 0.287 e. The molecule has 0 aliphatic heterocycles. The first kappa shape index (κ1) is 19.4. The second-order valence-electron chi connectivity index (χ2n) is 5.97. The molecule has 3 rings (SSSR count). The van der Waals surface area contributed by atoms with Gasteiger partial charge in [0.25, 0.3) is 5.56 Å². The van der Waals surface area contributed by atoms with Crippen molar-refractivity contribution < 1.29 is 14.0 Å². The molecule has 1 heterocycles. The van der Waals surface area contributed by atoms with Gasteiger partial charge in [-0.1, -0.05) is 17.7 Å². The van der Waals surface area contributed by atoms with Crippen LogP contribution in [0.25, 0.3) is 0 Å². The van der Waals surface area contributed by atoms with E-state index in [1.54, 1.807) is 0 Å². The van der Waals surface area contributed by atoms with Crippen molar-refractivity contribution in [2.45, 2.75) is 30.3 Å². The lowest BCUT2D eigenvalue weighted by molar-refractivity contribution is -0.119. The highest BCUT2D eigenvalue weighted by Crippen LogP contribution is 2.24. The van der Waals surface area contributed by atoms with Crippen LogP contribution in [-0.2, 0) is 16.1 Å². The van der Waals surface area contributed by atoms with Gasteiger partial charge in [0.15, 0.2) is 0 Å². The first-order valence-corrected chi connectivity index (χ1v) is 9.52. The van der Waals surface area contributed by atoms with Crippen molar-refractivity contribution in [2.24, 2.45) is 0 Å². The summed E-state index contributed by atoms with van der Waals surface area (Å²) in [4.78, 5) is 36.4. The van der Waals surface area contributed by atoms with E-state index in [0.717, 1.165) is 35.4 Å². The highest BCUT2D eigenvalue weighted by Gasteiger charge is 2.23. The van der Waals surface area contributed by atoms with Crippen LogP contribution < -0.4 is 16.2 Å². The highest BCUT2D eigenvalue weighted by atomic mass is 35.5. The third-order valence-electron chi connectivity index (χ3n) is 3.66. The lowest BCUT2D eigenvalue weighted by Gasteiger charge is -2.09. The van der Waals surface area contributed by atoms with E-state index in [-0.39, 0.29) is 35.0 Å². The average Bonchev–Trinajstić information content (AvgIpc) is 3.42. The molecular weight excluding hydrogens is 395 g/mol. The molecule has 142 valence electrons. The third kappa shape index (κ3) is 5.54. The molecule has 1 aromatic carbocycles. The minimum Gasteiger partial charge on any atom is -0.353 e. The Morgan fingerprint density at radius 3 is 2.81 bits per heavy atom. The number of carbonyl (C=O) groups is 2. The monoisotopic (exact) mass is 410 g/mol. The fourth-order valence-electron chi connectivity index (χ4n) is 2.21. The number of halogens is 2. The first-order chi connectivity index (χ1) is 12.9. The third-order valence-corrected chi connectivity index (χ3v) is 5.16. The molecule has 1 aromatic heterocycles. The molecule has 1 fully saturated rings. The van der Waals surface area contributed by atoms with Crippen LogP contribution in [-0.4, -0.2) is 33.4 Å². The van der Waals surface area contributed by atoms with Gasteiger partial charge < -0.3 is 10.6 Å². The number of aromatic nitrogens is 2. The van der Waals surface area contributed by atoms with Crippen molar-refractivity contribution in [1.29, 1.82) is 0 Å². The molecule has 1 saturated carbocycles. The van der Waals surface area contributed by atoms with E-state index in [9.17, 15) is 18.8 Å². The fourth-order valence-corrected chi connectivity index (χ4v) is 3.22. The van der Waals surface area contributed by atoms with Crippen molar-refractivity contribution in [3.63, 3.8) is 0 Å². The molecule has 0 atom stereocenters. The maximum atomic E-state index is 13.1. The number of carbonyl (C=O) groups excluding carboxylic acids is 2. The maximum Gasteiger partial charge on any atom is 0.287 e. The van der Waals surface area contributed by atoms with Crippen LogP contribution >= 0.6 is 23.4 Å². The number of nitrogens with one attached hydrogen (secondary N) is 2. The fraction of sp³-hybridized carbons (Fsp3) is 0.294. The van der Waals surface area contributed by atoms with Gasteiger partial charge in [0.1, 0.15) is 17.4 Å². The zero-order chi connectivity index (χ0) is 19.4. The van der Waals surface area contributed by atoms with Gasteiger partial charge in [0.2, 0.25) is 11.8 Å². The summed E-state index contributed by atoms with van der Waals surface area (Å²) in [6, 6.07) is 5.65. The zero-order valence-corrected chi connectivity index (χ0v) is 15.6. The Hall–Kier alpha value is -2.39. The van der Waals surface area contributed by atoms with E-state index >= 15 is 0 Å². The number of anilines is 1. The molecule has 1 aliphatic rings. The quantitative estimate of drug-likeness (QED) is 0.681. The predicted octanol–water partition coefficient (Wildman–Crippen LogP) is 2.05. The van der Waals surface area contributed by atoms with Gasteiger partial charge in [0.05, 0.1) is 16.8 Å². The molecule has 27 heavy (non-hydrogen) atoms. The Kier molecular flexibility index (Phi) is 6.12. The minimum atomic E-state index is -0.640. The van der Waals surface area contributed by atoms with Gasteiger partial charge in [-0.25, -0.2) is 9.07 Å². The molecule has 0 saturated heterocycles. The molecule has 1 aliphatic carbocycles. The predicted molar refractivity (Wildman–Crippen MR) is 100 cm³/mol. The van der Waals surface area contributed by atoms with Gasteiger partial charge in [-0.15, -0.1) is 11.8 Å². The topological polar surface area (TPSA) is 93.1 Å². The minimum absolute atomic E-state index is 0.104. The summed E-state index contributed by atoms with van der Waals surface area (Å²) in [5.74, 6) is -1.03. The summed E-state index contributed by atoms with van der Waals surface area (Å²) in [6.45, 7) is -0.373. The van der Waals surface area contributed by atoms with E-state index in [2.05, 4.69) is 15.7 Å². The lowest BCUT2D eigenvalue weighted by atomic mass is 10.3. The lowest BCUT2D eigenvalue weighted by Crippen LogP contribution is -2.30. The number of hydrogen-bond donors (Lipinski definition) is 2. The molecule has 0 spiro atoms. The summed E-state index contributed by atoms with van der Waals surface area (Å²) in [7, 11) is 0. The first-order valence-electron chi connectivity index (χ1n) is 8.15. The Morgan fingerprint density at radius 1 is 1.33 bits per heavy atom. The highest BCUT2D eigenvalue weighted by molar-refractivity contribution is 8.00. The number of amides is 2. The van der Waals surface area contributed by atoms with Gasteiger partial charge in [-0.05, 0) is 31.0 Å². The summed E-state index contributed by atoms with van der Waals surface area (Å²) in [5, 5.41) is 9.13. The number of hydrogen-bond acceptors (Lipinski definition) is 5. The Bertz CT molecular complexity index is 933. The summed E-state index contributed by atoms with van der Waals surface area (Å²) < 4.78 is 14.0. The van der Waals surface area contributed by atoms with Crippen LogP contribution in [0.15, 0.2) is 40.2 Å². The van der Waals surface area contributed by atoms with Crippen molar-refractivity contribution in [3.8, 4) is 0 Å². The van der Waals surface area contributed by atoms with E-state index in [0.29, 0.717) is 4.90 Å². The Balaban J connectivity index is 1.60. The van der Waals surface area contributed by atoms with Crippen LogP contribution in [0.2, 0.25) is 5.02 Å². The summed E-state index contributed by atoms with van der Waals surface area (Å²) >= 11 is 7.17. The van der Waals surface area contributed by atoms with Crippen LogP contribution in [0.4, 0.5) is 10.1 Å². The average molecular weight is 411 g/mol. The van der Waals surface area contributed by atoms with Gasteiger partial charge in [0, 0.05) is 11.7 Å². The second-order valence-corrected chi connectivity index (χ2v) is 7.37. The van der Waals surface area contributed by atoms with Crippen molar-refractivity contribution in [3.05, 3.63) is 51.7 Å². The van der Waals surface area contributed by atoms with Gasteiger partial charge in [-0.2, -0.15) is 5.10 Å². The Labute approximate surface area is 163 Å². The van der Waals surface area contributed by atoms with E-state index in [4.69, 9.17) is 11.6 Å². The van der Waals surface area contributed by atoms with Crippen LogP contribution in [0.5, 0.6) is 0 Å². The van der Waals surface area contributed by atoms with Gasteiger partial charge in [-0.3, -0.25) is 14.4 Å². The number of rotatable bonds is 7. The SMILES string of the molecule is O=C(Cn1ncc(SCC(=O)NC2CC2)c(Cl)c1=O)Nc1cccc(F)c1. The summed E-state index contributed by atoms with van der Waals surface area (Å²) in [5.41, 5.74) is -0.369. The molecular formula is C17H16ClFN4O3S. The Morgan fingerprint density at radius 2 is 2.11 bits per heavy atom. The standard InChI is InChI=1S/C17H16ClFN4O3S/c18-16-13(27-9-15(25)21-11-4-5-11)7-20-23(17(16)26)8-14(24)22-12-3-1-2-10(19)6-12/h1-3,6-7,11H,4-5,8-9H2,(H,21,25)(H,22,24). The van der Waals surface area contributed by atoms with Crippen molar-refractivity contribution >= 4 is 40.9 Å². The number of nitrogens with zero attached hydrogens (tertiary/aromatic N) is 2. The van der Waals surface area contributed by atoms with E-state index < -0.39 is 17.3 Å². The number of benzene rings is 1. The number of thioether (sulfide) groups is 1. The van der Waals surface area contributed by atoms with E-state index in [1.165, 1.54) is 24.4 Å². The van der Waals surface area contributed by atoms with Crippen LogP contribution in [0, 0.1) is 5.82 Å². The zero-order valence-electron chi connectivity index (χ0n) is 14.1. The van der Waals surface area contributed by atoms with Crippen molar-refractivity contribution in [2.75, 3.05) is 11.1 Å². The second kappa shape index (κ2) is 8.53. The summed E-state index contributed by atoms with van der Waals surface area (Å²) in [6.07, 6.45) is 3.33. The molecule has 10 heteroatoms. The molecule has 0 unspecified atom stereocenters. The molecule has 2 amide bonds. The maximum absolute atomic E-state index is 13.1. The normalized spacial score (nSPS) is 13.3. The molecule has 0 radical (unpaired) electrons. The largest absolute Gasteiger partial charge is 0.353 e. The van der Waals surface area contributed by atoms with E-state index in [1.807, 2.05) is 0 Å². The molecule has 7 nitrogen and oxygen atoms in total. The van der Waals surface area contributed by atoms with Crippen molar-refractivity contribution in [1.82, 2.24) is 15.1 Å². The molecule has 2 N–H and O–H groups in total. The molecule has 2 aromatic rings. The van der Waals surface area contributed by atoms with Crippen LogP contribution in [0.3, 0.4) is 0 Å².